The second-order valence-electron chi connectivity index (χ2n) is 4.14. The number of amides is 1. The fourth-order valence-corrected chi connectivity index (χ4v) is 1.91. The van der Waals surface area contributed by atoms with E-state index in [-0.39, 0.29) is 30.9 Å². The van der Waals surface area contributed by atoms with Gasteiger partial charge in [-0.15, -0.1) is 0 Å². The van der Waals surface area contributed by atoms with Gasteiger partial charge in [0, 0.05) is 12.5 Å². The van der Waals surface area contributed by atoms with Gasteiger partial charge in [0.1, 0.15) is 0 Å². The maximum absolute atomic E-state index is 13.0. The molecule has 1 aromatic carbocycles. The van der Waals surface area contributed by atoms with Crippen molar-refractivity contribution < 1.29 is 18.7 Å². The summed E-state index contributed by atoms with van der Waals surface area (Å²) in [6.45, 7) is 0.119. The summed E-state index contributed by atoms with van der Waals surface area (Å²) in [5.41, 5.74) is 0.646. The van der Waals surface area contributed by atoms with E-state index in [2.05, 4.69) is 5.32 Å². The molecule has 0 bridgehead atoms. The van der Waals surface area contributed by atoms with E-state index >= 15 is 0 Å². The zero-order chi connectivity index (χ0) is 12.4. The molecule has 17 heavy (non-hydrogen) atoms. The van der Waals surface area contributed by atoms with Gasteiger partial charge < -0.3 is 10.4 Å². The van der Waals surface area contributed by atoms with Crippen molar-refractivity contribution in [2.75, 3.05) is 13.2 Å². The number of benzene rings is 1. The monoisotopic (exact) mass is 241 g/mol. The molecule has 0 spiro atoms. The van der Waals surface area contributed by atoms with Crippen LogP contribution in [0.5, 0.6) is 0 Å². The van der Waals surface area contributed by atoms with Crippen LogP contribution in [0.2, 0.25) is 0 Å². The Morgan fingerprint density at radius 1 is 1.41 bits per heavy atom. The SMILES string of the molecule is O=C(NCCO)C1CC1c1ccc(F)c(F)c1. The van der Waals surface area contributed by atoms with Crippen LogP contribution in [-0.4, -0.2) is 24.2 Å². The van der Waals surface area contributed by atoms with Crippen LogP contribution in [0.15, 0.2) is 18.2 Å². The molecule has 1 saturated carbocycles. The number of hydrogen-bond donors (Lipinski definition) is 2. The summed E-state index contributed by atoms with van der Waals surface area (Å²) in [6, 6.07) is 3.72. The van der Waals surface area contributed by atoms with E-state index in [9.17, 15) is 13.6 Å². The fraction of sp³-hybridized carbons (Fsp3) is 0.417. The average molecular weight is 241 g/mol. The van der Waals surface area contributed by atoms with Crippen LogP contribution in [0.25, 0.3) is 0 Å². The van der Waals surface area contributed by atoms with Crippen molar-refractivity contribution in [3.05, 3.63) is 35.4 Å². The van der Waals surface area contributed by atoms with Gasteiger partial charge in [0.25, 0.3) is 0 Å². The van der Waals surface area contributed by atoms with Crippen molar-refractivity contribution in [3.63, 3.8) is 0 Å². The van der Waals surface area contributed by atoms with E-state index in [0.717, 1.165) is 12.1 Å². The standard InChI is InChI=1S/C12H13F2NO2/c13-10-2-1-7(5-11(10)14)8-6-9(8)12(17)15-3-4-16/h1-2,5,8-9,16H,3-4,6H2,(H,15,17). The van der Waals surface area contributed by atoms with Crippen LogP contribution in [0.4, 0.5) is 8.78 Å². The van der Waals surface area contributed by atoms with E-state index in [1.54, 1.807) is 0 Å². The lowest BCUT2D eigenvalue weighted by Gasteiger charge is -2.03. The first kappa shape index (κ1) is 12.0. The average Bonchev–Trinajstić information content (AvgIpc) is 3.09. The van der Waals surface area contributed by atoms with E-state index in [0.29, 0.717) is 12.0 Å². The summed E-state index contributed by atoms with van der Waals surface area (Å²) < 4.78 is 25.7. The van der Waals surface area contributed by atoms with Crippen LogP contribution in [0.3, 0.4) is 0 Å². The highest BCUT2D eigenvalue weighted by Crippen LogP contribution is 2.47. The zero-order valence-electron chi connectivity index (χ0n) is 9.12. The highest BCUT2D eigenvalue weighted by molar-refractivity contribution is 5.82. The summed E-state index contributed by atoms with van der Waals surface area (Å²) in [7, 11) is 0. The Labute approximate surface area is 97.5 Å². The van der Waals surface area contributed by atoms with Gasteiger partial charge in [-0.1, -0.05) is 6.07 Å². The number of rotatable bonds is 4. The number of carbonyl (C=O) groups excluding carboxylic acids is 1. The summed E-state index contributed by atoms with van der Waals surface area (Å²) in [5.74, 6) is -2.14. The molecular formula is C12H13F2NO2. The molecule has 0 aromatic heterocycles. The number of aliphatic hydroxyl groups excluding tert-OH is 1. The van der Waals surface area contributed by atoms with Gasteiger partial charge in [-0.2, -0.15) is 0 Å². The predicted molar refractivity (Wildman–Crippen MR) is 57.3 cm³/mol. The largest absolute Gasteiger partial charge is 0.395 e. The minimum absolute atomic E-state index is 0.0382. The highest BCUT2D eigenvalue weighted by Gasteiger charge is 2.43. The second-order valence-corrected chi connectivity index (χ2v) is 4.14. The number of aliphatic hydroxyl groups is 1. The lowest BCUT2D eigenvalue weighted by Crippen LogP contribution is -2.28. The zero-order valence-corrected chi connectivity index (χ0v) is 9.12. The lowest BCUT2D eigenvalue weighted by molar-refractivity contribution is -0.122. The minimum atomic E-state index is -0.885. The number of hydrogen-bond acceptors (Lipinski definition) is 2. The Morgan fingerprint density at radius 2 is 2.18 bits per heavy atom. The van der Waals surface area contributed by atoms with Gasteiger partial charge in [0.05, 0.1) is 6.61 Å². The van der Waals surface area contributed by atoms with Gasteiger partial charge in [-0.3, -0.25) is 4.79 Å². The molecule has 1 aliphatic carbocycles. The molecule has 0 aliphatic heterocycles. The minimum Gasteiger partial charge on any atom is -0.395 e. The normalized spacial score (nSPS) is 22.3. The molecule has 2 N–H and O–H groups in total. The first-order valence-electron chi connectivity index (χ1n) is 5.47. The van der Waals surface area contributed by atoms with Gasteiger partial charge in [0.2, 0.25) is 5.91 Å². The Kier molecular flexibility index (Phi) is 3.38. The smallest absolute Gasteiger partial charge is 0.223 e. The van der Waals surface area contributed by atoms with E-state index in [1.165, 1.54) is 6.07 Å². The van der Waals surface area contributed by atoms with E-state index < -0.39 is 11.6 Å². The molecular weight excluding hydrogens is 228 g/mol. The van der Waals surface area contributed by atoms with Crippen molar-refractivity contribution in [2.45, 2.75) is 12.3 Å². The first-order valence-corrected chi connectivity index (χ1v) is 5.47. The predicted octanol–water partition coefficient (Wildman–Crippen LogP) is 1.18. The van der Waals surface area contributed by atoms with Gasteiger partial charge in [-0.25, -0.2) is 8.78 Å². The molecule has 2 rings (SSSR count). The van der Waals surface area contributed by atoms with Crippen LogP contribution < -0.4 is 5.32 Å². The molecule has 2 unspecified atom stereocenters. The Bertz CT molecular complexity index is 437. The van der Waals surface area contributed by atoms with Crippen LogP contribution in [0, 0.1) is 17.6 Å². The van der Waals surface area contributed by atoms with Crippen molar-refractivity contribution in [3.8, 4) is 0 Å². The molecule has 1 aromatic rings. The van der Waals surface area contributed by atoms with Crippen LogP contribution in [0.1, 0.15) is 17.9 Å². The number of nitrogens with one attached hydrogen (secondary N) is 1. The first-order chi connectivity index (χ1) is 8.13. The Balaban J connectivity index is 1.98. The molecule has 0 heterocycles. The number of carbonyl (C=O) groups is 1. The van der Waals surface area contributed by atoms with E-state index in [1.807, 2.05) is 0 Å². The maximum atomic E-state index is 13.0. The van der Waals surface area contributed by atoms with Crippen molar-refractivity contribution >= 4 is 5.91 Å². The summed E-state index contributed by atoms with van der Waals surface area (Å²) >= 11 is 0. The second kappa shape index (κ2) is 4.79. The molecule has 0 radical (unpaired) electrons. The molecule has 3 nitrogen and oxygen atoms in total. The van der Waals surface area contributed by atoms with Crippen LogP contribution in [-0.2, 0) is 4.79 Å². The number of halogens is 2. The Hall–Kier alpha value is -1.49. The van der Waals surface area contributed by atoms with Gasteiger partial charge in [0.15, 0.2) is 11.6 Å². The Morgan fingerprint density at radius 3 is 2.82 bits per heavy atom. The quantitative estimate of drug-likeness (QED) is 0.831. The third-order valence-corrected chi connectivity index (χ3v) is 2.91. The topological polar surface area (TPSA) is 49.3 Å². The van der Waals surface area contributed by atoms with Gasteiger partial charge >= 0.3 is 0 Å². The van der Waals surface area contributed by atoms with E-state index in [4.69, 9.17) is 5.11 Å². The maximum Gasteiger partial charge on any atom is 0.223 e. The lowest BCUT2D eigenvalue weighted by atomic mass is 10.1. The molecule has 5 heteroatoms. The fourth-order valence-electron chi connectivity index (χ4n) is 1.91. The third-order valence-electron chi connectivity index (χ3n) is 2.91. The summed E-state index contributed by atoms with van der Waals surface area (Å²) in [6.07, 6.45) is 0.641. The summed E-state index contributed by atoms with van der Waals surface area (Å²) in [4.78, 5) is 11.5. The molecule has 1 aliphatic rings. The molecule has 1 fully saturated rings. The van der Waals surface area contributed by atoms with Crippen molar-refractivity contribution in [1.82, 2.24) is 5.32 Å². The molecule has 0 saturated heterocycles. The summed E-state index contributed by atoms with van der Waals surface area (Å²) in [5, 5.41) is 11.1. The molecule has 2 atom stereocenters. The molecule has 1 amide bonds. The van der Waals surface area contributed by atoms with Crippen molar-refractivity contribution in [2.24, 2.45) is 5.92 Å². The van der Waals surface area contributed by atoms with Crippen molar-refractivity contribution in [1.29, 1.82) is 0 Å². The van der Waals surface area contributed by atoms with Gasteiger partial charge in [-0.05, 0) is 30.0 Å². The van der Waals surface area contributed by atoms with Crippen LogP contribution >= 0.6 is 0 Å². The highest BCUT2D eigenvalue weighted by atomic mass is 19.2. The molecule has 92 valence electrons. The third kappa shape index (κ3) is 2.61.